The second-order valence-corrected chi connectivity index (χ2v) is 6.69. The lowest BCUT2D eigenvalue weighted by Crippen LogP contribution is -2.32. The number of carbonyl (C=O) groups is 2. The molecule has 0 bridgehead atoms. The summed E-state index contributed by atoms with van der Waals surface area (Å²) in [4.78, 5) is 22.5. The standard InChI is InChI=1S/C11H20N2O5S/c1-19(17,18)13-6-2-5-12-10(14)8-3-4-9(7-8)11(15)16/h8-9,13H,2-7H2,1H3,(H,12,14)(H,15,16). The van der Waals surface area contributed by atoms with E-state index < -0.39 is 21.9 Å². The molecule has 1 rings (SSSR count). The number of aliphatic carboxylic acids is 1. The first-order valence-electron chi connectivity index (χ1n) is 6.25. The van der Waals surface area contributed by atoms with Gasteiger partial charge in [0, 0.05) is 19.0 Å². The first-order chi connectivity index (χ1) is 8.79. The maximum Gasteiger partial charge on any atom is 0.306 e. The van der Waals surface area contributed by atoms with E-state index >= 15 is 0 Å². The summed E-state index contributed by atoms with van der Waals surface area (Å²) in [6, 6.07) is 0. The highest BCUT2D eigenvalue weighted by molar-refractivity contribution is 7.88. The van der Waals surface area contributed by atoms with E-state index in [1.807, 2.05) is 0 Å². The van der Waals surface area contributed by atoms with Crippen LogP contribution in [0.1, 0.15) is 25.7 Å². The van der Waals surface area contributed by atoms with E-state index in [1.165, 1.54) is 0 Å². The van der Waals surface area contributed by atoms with E-state index in [0.717, 1.165) is 6.26 Å². The molecule has 0 spiro atoms. The quantitative estimate of drug-likeness (QED) is 0.550. The van der Waals surface area contributed by atoms with Crippen molar-refractivity contribution in [3.8, 4) is 0 Å². The van der Waals surface area contributed by atoms with Crippen molar-refractivity contribution in [2.75, 3.05) is 19.3 Å². The third-order valence-electron chi connectivity index (χ3n) is 3.17. The first kappa shape index (κ1) is 15.9. The lowest BCUT2D eigenvalue weighted by molar-refractivity contribution is -0.141. The van der Waals surface area contributed by atoms with E-state index in [4.69, 9.17) is 5.11 Å². The zero-order chi connectivity index (χ0) is 14.5. The van der Waals surface area contributed by atoms with Crippen LogP contribution in [0.2, 0.25) is 0 Å². The summed E-state index contributed by atoms with van der Waals surface area (Å²) in [5.74, 6) is -1.62. The minimum atomic E-state index is -3.19. The Balaban J connectivity index is 2.17. The van der Waals surface area contributed by atoms with Crippen LogP contribution in [0.5, 0.6) is 0 Å². The molecule has 1 fully saturated rings. The summed E-state index contributed by atoms with van der Waals surface area (Å²) in [6.45, 7) is 0.664. The fraction of sp³-hybridized carbons (Fsp3) is 0.818. The molecule has 2 atom stereocenters. The molecule has 19 heavy (non-hydrogen) atoms. The Kier molecular flexibility index (Phi) is 5.74. The molecule has 7 nitrogen and oxygen atoms in total. The largest absolute Gasteiger partial charge is 0.481 e. The first-order valence-corrected chi connectivity index (χ1v) is 8.14. The molecule has 1 aliphatic rings. The Hall–Kier alpha value is -1.15. The molecule has 0 aliphatic heterocycles. The molecule has 0 aromatic carbocycles. The van der Waals surface area contributed by atoms with Gasteiger partial charge >= 0.3 is 5.97 Å². The molecule has 0 aromatic heterocycles. The number of hydrogen-bond acceptors (Lipinski definition) is 4. The molecule has 2 unspecified atom stereocenters. The summed E-state index contributed by atoms with van der Waals surface area (Å²) < 4.78 is 23.9. The average Bonchev–Trinajstić information content (AvgIpc) is 2.76. The van der Waals surface area contributed by atoms with Crippen LogP contribution in [0.15, 0.2) is 0 Å². The SMILES string of the molecule is CS(=O)(=O)NCCCNC(=O)C1CCC(C(=O)O)C1. The lowest BCUT2D eigenvalue weighted by Gasteiger charge is -2.10. The van der Waals surface area contributed by atoms with Crippen LogP contribution in [-0.4, -0.2) is 44.7 Å². The van der Waals surface area contributed by atoms with Crippen LogP contribution in [-0.2, 0) is 19.6 Å². The molecule has 0 aromatic rings. The van der Waals surface area contributed by atoms with Crippen molar-refractivity contribution in [2.24, 2.45) is 11.8 Å². The molecule has 110 valence electrons. The van der Waals surface area contributed by atoms with Crippen LogP contribution in [0, 0.1) is 11.8 Å². The Morgan fingerprint density at radius 2 is 1.84 bits per heavy atom. The normalized spacial score (nSPS) is 23.2. The molecule has 0 heterocycles. The van der Waals surface area contributed by atoms with Gasteiger partial charge in [-0.05, 0) is 25.7 Å². The van der Waals surface area contributed by atoms with Crippen molar-refractivity contribution in [2.45, 2.75) is 25.7 Å². The molecule has 0 radical (unpaired) electrons. The number of sulfonamides is 1. The summed E-state index contributed by atoms with van der Waals surface area (Å²) in [5, 5.41) is 11.5. The Morgan fingerprint density at radius 3 is 2.37 bits per heavy atom. The fourth-order valence-corrected chi connectivity index (χ4v) is 2.66. The zero-order valence-corrected chi connectivity index (χ0v) is 11.7. The van der Waals surface area contributed by atoms with Gasteiger partial charge in [0.2, 0.25) is 15.9 Å². The highest BCUT2D eigenvalue weighted by Crippen LogP contribution is 2.30. The summed E-state index contributed by atoms with van der Waals surface area (Å²) in [7, 11) is -3.19. The van der Waals surface area contributed by atoms with Crippen molar-refractivity contribution in [3.05, 3.63) is 0 Å². The lowest BCUT2D eigenvalue weighted by atomic mass is 10.0. The van der Waals surface area contributed by atoms with E-state index in [-0.39, 0.29) is 18.4 Å². The van der Waals surface area contributed by atoms with E-state index in [1.54, 1.807) is 0 Å². The van der Waals surface area contributed by atoms with Gasteiger partial charge in [0.05, 0.1) is 12.2 Å². The second kappa shape index (κ2) is 6.85. The fourth-order valence-electron chi connectivity index (χ4n) is 2.15. The van der Waals surface area contributed by atoms with E-state index in [9.17, 15) is 18.0 Å². The van der Waals surface area contributed by atoms with Gasteiger partial charge in [-0.2, -0.15) is 0 Å². The van der Waals surface area contributed by atoms with Crippen LogP contribution in [0.3, 0.4) is 0 Å². The number of carbonyl (C=O) groups excluding carboxylic acids is 1. The Morgan fingerprint density at radius 1 is 1.21 bits per heavy atom. The van der Waals surface area contributed by atoms with E-state index in [0.29, 0.717) is 32.2 Å². The summed E-state index contributed by atoms with van der Waals surface area (Å²) >= 11 is 0. The van der Waals surface area contributed by atoms with Gasteiger partial charge < -0.3 is 10.4 Å². The van der Waals surface area contributed by atoms with Gasteiger partial charge in [-0.25, -0.2) is 13.1 Å². The van der Waals surface area contributed by atoms with Crippen LogP contribution in [0.25, 0.3) is 0 Å². The third kappa shape index (κ3) is 6.02. The maximum absolute atomic E-state index is 11.7. The molecule has 1 amide bonds. The predicted octanol–water partition coefficient (Wildman–Crippen LogP) is -0.457. The highest BCUT2D eigenvalue weighted by Gasteiger charge is 2.33. The second-order valence-electron chi connectivity index (χ2n) is 4.86. The molecule has 0 saturated heterocycles. The summed E-state index contributed by atoms with van der Waals surface area (Å²) in [6.07, 6.45) is 3.13. The third-order valence-corrected chi connectivity index (χ3v) is 3.90. The van der Waals surface area contributed by atoms with Gasteiger partial charge in [0.15, 0.2) is 0 Å². The topological polar surface area (TPSA) is 113 Å². The number of amides is 1. The van der Waals surface area contributed by atoms with Gasteiger partial charge in [0.25, 0.3) is 0 Å². The number of carboxylic acids is 1. The van der Waals surface area contributed by atoms with Crippen molar-refractivity contribution >= 4 is 21.9 Å². The summed E-state index contributed by atoms with van der Waals surface area (Å²) in [5.41, 5.74) is 0. The maximum atomic E-state index is 11.7. The molecule has 1 aliphatic carbocycles. The minimum absolute atomic E-state index is 0.136. The predicted molar refractivity (Wildman–Crippen MR) is 68.9 cm³/mol. The Bertz CT molecular complexity index is 434. The minimum Gasteiger partial charge on any atom is -0.481 e. The monoisotopic (exact) mass is 292 g/mol. The zero-order valence-electron chi connectivity index (χ0n) is 10.9. The van der Waals surface area contributed by atoms with Crippen LogP contribution < -0.4 is 10.0 Å². The molecule has 3 N–H and O–H groups in total. The molecular formula is C11H20N2O5S. The molecular weight excluding hydrogens is 272 g/mol. The molecule has 1 saturated carbocycles. The Labute approximate surface area is 112 Å². The van der Waals surface area contributed by atoms with Crippen molar-refractivity contribution in [1.82, 2.24) is 10.0 Å². The number of hydrogen-bond donors (Lipinski definition) is 3. The van der Waals surface area contributed by atoms with Gasteiger partial charge in [-0.1, -0.05) is 0 Å². The molecule has 8 heteroatoms. The van der Waals surface area contributed by atoms with Crippen molar-refractivity contribution < 1.29 is 23.1 Å². The number of rotatable bonds is 7. The van der Waals surface area contributed by atoms with Gasteiger partial charge in [0.1, 0.15) is 0 Å². The number of carboxylic acid groups (broad SMARTS) is 1. The van der Waals surface area contributed by atoms with E-state index in [2.05, 4.69) is 10.0 Å². The smallest absolute Gasteiger partial charge is 0.306 e. The van der Waals surface area contributed by atoms with Gasteiger partial charge in [-0.15, -0.1) is 0 Å². The highest BCUT2D eigenvalue weighted by atomic mass is 32.2. The number of nitrogens with one attached hydrogen (secondary N) is 2. The average molecular weight is 292 g/mol. The van der Waals surface area contributed by atoms with Crippen molar-refractivity contribution in [1.29, 1.82) is 0 Å². The van der Waals surface area contributed by atoms with Crippen molar-refractivity contribution in [3.63, 3.8) is 0 Å². The van der Waals surface area contributed by atoms with Crippen LogP contribution in [0.4, 0.5) is 0 Å². The van der Waals surface area contributed by atoms with Crippen LogP contribution >= 0.6 is 0 Å². The van der Waals surface area contributed by atoms with Gasteiger partial charge in [-0.3, -0.25) is 9.59 Å².